The zero-order chi connectivity index (χ0) is 28.8. The molecule has 1 aliphatic heterocycles. The minimum Gasteiger partial charge on any atom is -0.368 e. The molecule has 2 aliphatic rings. The van der Waals surface area contributed by atoms with Gasteiger partial charge in [-0.15, -0.1) is 0 Å². The number of aromatic nitrogens is 1. The molecule has 2 nitrogen and oxygen atoms in total. The molecule has 1 N–H and O–H groups in total. The lowest BCUT2D eigenvalue weighted by Crippen LogP contribution is -2.15. The minimum absolute atomic E-state index is 0.268. The molecule has 8 aromatic rings. The van der Waals surface area contributed by atoms with Gasteiger partial charge < -0.3 is 9.88 Å². The van der Waals surface area contributed by atoms with Crippen LogP contribution >= 0.6 is 11.8 Å². The van der Waals surface area contributed by atoms with Gasteiger partial charge >= 0.3 is 0 Å². The van der Waals surface area contributed by atoms with Gasteiger partial charge in [-0.05, 0) is 80.6 Å². The number of hydrogen-bond acceptors (Lipinski definition) is 2. The summed E-state index contributed by atoms with van der Waals surface area (Å²) >= 11 is 1.99. The summed E-state index contributed by atoms with van der Waals surface area (Å²) < 4.78 is 2.47. The normalized spacial score (nSPS) is 16.2. The Kier molecular flexibility index (Phi) is 5.14. The Morgan fingerprint density at radius 3 is 1.95 bits per heavy atom. The molecule has 7 aromatic carbocycles. The summed E-state index contributed by atoms with van der Waals surface area (Å²) in [4.78, 5) is 1.49. The van der Waals surface area contributed by atoms with Gasteiger partial charge in [-0.3, -0.25) is 0 Å². The van der Waals surface area contributed by atoms with Crippen molar-refractivity contribution in [1.29, 1.82) is 0 Å². The fraction of sp³-hybridized carbons (Fsp3) is 0.0732. The van der Waals surface area contributed by atoms with Gasteiger partial charge in [0.15, 0.2) is 0 Å². The molecule has 0 saturated carbocycles. The second-order valence-electron chi connectivity index (χ2n) is 12.1. The van der Waals surface area contributed by atoms with Gasteiger partial charge in [-0.1, -0.05) is 121 Å². The van der Waals surface area contributed by atoms with E-state index in [1.807, 2.05) is 11.8 Å². The first-order chi connectivity index (χ1) is 21.8. The lowest BCUT2D eigenvalue weighted by atomic mass is 9.89. The van der Waals surface area contributed by atoms with Gasteiger partial charge in [0.25, 0.3) is 0 Å². The molecular weight excluding hydrogens is 553 g/mol. The van der Waals surface area contributed by atoms with Crippen molar-refractivity contribution in [2.24, 2.45) is 0 Å². The Hall–Kier alpha value is -4.99. The first-order valence-electron chi connectivity index (χ1n) is 15.4. The van der Waals surface area contributed by atoms with Gasteiger partial charge in [-0.2, -0.15) is 0 Å². The predicted molar refractivity (Wildman–Crippen MR) is 188 cm³/mol. The summed E-state index contributed by atoms with van der Waals surface area (Å²) in [6.07, 6.45) is 2.20. The molecule has 1 unspecified atom stereocenters. The van der Waals surface area contributed by atoms with E-state index < -0.39 is 0 Å². The number of benzene rings is 7. The van der Waals surface area contributed by atoms with Crippen LogP contribution in [0.25, 0.3) is 65.5 Å². The Morgan fingerprint density at radius 1 is 0.568 bits per heavy atom. The number of aryl methyl sites for hydroxylation is 1. The van der Waals surface area contributed by atoms with Crippen molar-refractivity contribution in [1.82, 2.24) is 9.88 Å². The molecule has 0 bridgehead atoms. The number of rotatable bonds is 2. The topological polar surface area (TPSA) is 17.0 Å². The highest BCUT2D eigenvalue weighted by molar-refractivity contribution is 8.03. The molecule has 1 aromatic heterocycles. The number of nitrogens with one attached hydrogen (secondary N) is 1. The van der Waals surface area contributed by atoms with E-state index in [-0.39, 0.29) is 5.37 Å². The fourth-order valence-corrected chi connectivity index (χ4v) is 8.95. The van der Waals surface area contributed by atoms with E-state index in [9.17, 15) is 0 Å². The summed E-state index contributed by atoms with van der Waals surface area (Å²) in [5, 5.41) is 14.6. The predicted octanol–water partition coefficient (Wildman–Crippen LogP) is 10.9. The van der Waals surface area contributed by atoms with Crippen molar-refractivity contribution in [2.45, 2.75) is 18.2 Å². The van der Waals surface area contributed by atoms with Crippen molar-refractivity contribution < 1.29 is 0 Å². The molecule has 1 aliphatic carbocycles. The number of thioether (sulfide) groups is 1. The number of fused-ring (bicyclic) bond motifs is 11. The van der Waals surface area contributed by atoms with Crippen LogP contribution in [0, 0.1) is 0 Å². The number of nitrogens with zero attached hydrogens (tertiary/aromatic N) is 1. The largest absolute Gasteiger partial charge is 0.368 e. The van der Waals surface area contributed by atoms with E-state index in [1.165, 1.54) is 87.1 Å². The summed E-state index contributed by atoms with van der Waals surface area (Å²) in [6.45, 7) is 0. The van der Waals surface area contributed by atoms with E-state index >= 15 is 0 Å². The quantitative estimate of drug-likeness (QED) is 0.219. The van der Waals surface area contributed by atoms with Crippen LogP contribution in [0.1, 0.15) is 28.5 Å². The Balaban J connectivity index is 1.20. The van der Waals surface area contributed by atoms with Gasteiger partial charge in [0.2, 0.25) is 0 Å². The second-order valence-corrected chi connectivity index (χ2v) is 13.3. The molecule has 208 valence electrons. The highest BCUT2D eigenvalue weighted by atomic mass is 32.2. The maximum absolute atomic E-state index is 3.92. The van der Waals surface area contributed by atoms with E-state index in [0.29, 0.717) is 0 Å². The molecule has 2 heterocycles. The average Bonchev–Trinajstić information content (AvgIpc) is 3.68. The summed E-state index contributed by atoms with van der Waals surface area (Å²) in [7, 11) is 0. The zero-order valence-electron chi connectivity index (χ0n) is 24.0. The summed E-state index contributed by atoms with van der Waals surface area (Å²) in [6, 6.07) is 49.4. The van der Waals surface area contributed by atoms with Crippen molar-refractivity contribution >= 4 is 71.6 Å². The van der Waals surface area contributed by atoms with Crippen LogP contribution in [-0.4, -0.2) is 4.57 Å². The Morgan fingerprint density at radius 2 is 1.23 bits per heavy atom. The van der Waals surface area contributed by atoms with E-state index in [1.54, 1.807) is 0 Å². The van der Waals surface area contributed by atoms with Crippen LogP contribution in [0.4, 0.5) is 0 Å². The third-order valence-corrected chi connectivity index (χ3v) is 11.0. The van der Waals surface area contributed by atoms with E-state index in [4.69, 9.17) is 0 Å². The lowest BCUT2D eigenvalue weighted by molar-refractivity contribution is 0.866. The zero-order valence-corrected chi connectivity index (χ0v) is 24.9. The van der Waals surface area contributed by atoms with Crippen LogP contribution in [0.15, 0.2) is 138 Å². The first-order valence-corrected chi connectivity index (χ1v) is 16.3. The van der Waals surface area contributed by atoms with Crippen LogP contribution < -0.4 is 5.32 Å². The summed E-state index contributed by atoms with van der Waals surface area (Å²) in [5.41, 5.74) is 9.19. The van der Waals surface area contributed by atoms with Crippen LogP contribution in [0.2, 0.25) is 0 Å². The van der Waals surface area contributed by atoms with Crippen molar-refractivity contribution in [3.63, 3.8) is 0 Å². The van der Waals surface area contributed by atoms with Crippen LogP contribution in [0.5, 0.6) is 0 Å². The minimum atomic E-state index is 0.268. The SMILES string of the molecule is c1ccc(C2NC3=C(CCc4ccc5cc(-n6c7ccc8ccccc8c7c7c8ccccc8ccc76)ccc5c43)S2)cc1. The molecule has 0 saturated heterocycles. The third kappa shape index (κ3) is 3.45. The van der Waals surface area contributed by atoms with Gasteiger partial charge in [-0.25, -0.2) is 0 Å². The number of hydrogen-bond donors (Lipinski definition) is 1. The lowest BCUT2D eigenvalue weighted by Gasteiger charge is -2.21. The fourth-order valence-electron chi connectivity index (χ4n) is 7.70. The molecule has 0 radical (unpaired) electrons. The van der Waals surface area contributed by atoms with Crippen molar-refractivity contribution in [2.75, 3.05) is 0 Å². The molecule has 3 heteroatoms. The molecule has 44 heavy (non-hydrogen) atoms. The molecule has 0 amide bonds. The maximum Gasteiger partial charge on any atom is 0.102 e. The molecular formula is C41H28N2S. The van der Waals surface area contributed by atoms with Crippen molar-refractivity contribution in [3.8, 4) is 5.69 Å². The van der Waals surface area contributed by atoms with Crippen LogP contribution in [-0.2, 0) is 6.42 Å². The summed E-state index contributed by atoms with van der Waals surface area (Å²) in [5.74, 6) is 0. The number of allylic oxidation sites excluding steroid dienone is 1. The van der Waals surface area contributed by atoms with Crippen molar-refractivity contribution in [3.05, 3.63) is 155 Å². The van der Waals surface area contributed by atoms with Gasteiger partial charge in [0.05, 0.1) is 16.7 Å². The van der Waals surface area contributed by atoms with Crippen LogP contribution in [0.3, 0.4) is 0 Å². The highest BCUT2D eigenvalue weighted by Gasteiger charge is 2.31. The molecule has 0 spiro atoms. The molecule has 10 rings (SSSR count). The monoisotopic (exact) mass is 580 g/mol. The smallest absolute Gasteiger partial charge is 0.102 e. The highest BCUT2D eigenvalue weighted by Crippen LogP contribution is 2.50. The first kappa shape index (κ1) is 24.5. The van der Waals surface area contributed by atoms with Gasteiger partial charge in [0, 0.05) is 26.9 Å². The Labute approximate surface area is 259 Å². The molecule has 1 atom stereocenters. The second kappa shape index (κ2) is 9.25. The van der Waals surface area contributed by atoms with E-state index in [2.05, 4.69) is 143 Å². The maximum atomic E-state index is 3.92. The average molecular weight is 581 g/mol. The molecule has 0 fully saturated rings. The van der Waals surface area contributed by atoms with Gasteiger partial charge in [0.1, 0.15) is 5.37 Å². The van der Waals surface area contributed by atoms with E-state index in [0.717, 1.165) is 12.8 Å². The third-order valence-electron chi connectivity index (χ3n) is 9.68. The standard InChI is InChI=1S/C41H28N2S/c1-2-10-28(11-3-1)41-42-40-36(44-41)23-18-27-14-15-29-24-30(19-20-33(29)37(27)40)43-34-21-16-25-8-4-6-12-31(25)38(34)39-32-13-7-5-9-26(32)17-22-35(39)43/h1-17,19-22,24,41-42H,18,23H2. The Bertz CT molecular complexity index is 2410.